The zero-order valence-corrected chi connectivity index (χ0v) is 12.0. The Morgan fingerprint density at radius 1 is 1.45 bits per heavy atom. The lowest BCUT2D eigenvalue weighted by molar-refractivity contribution is 0.0563. The number of carbonyl (C=O) groups is 1. The molecule has 0 heterocycles. The highest BCUT2D eigenvalue weighted by molar-refractivity contribution is 7.85. The van der Waals surface area contributed by atoms with Gasteiger partial charge in [-0.1, -0.05) is 6.07 Å². The van der Waals surface area contributed by atoms with E-state index in [9.17, 15) is 13.2 Å². The van der Waals surface area contributed by atoms with Gasteiger partial charge in [-0.05, 0) is 31.0 Å². The molecule has 0 spiro atoms. The summed E-state index contributed by atoms with van der Waals surface area (Å²) in [4.78, 5) is 11.9. The summed E-state index contributed by atoms with van der Waals surface area (Å²) < 4.78 is 39.3. The van der Waals surface area contributed by atoms with Crippen molar-refractivity contribution in [3.8, 4) is 5.75 Å². The molecule has 112 valence electrons. The van der Waals surface area contributed by atoms with Gasteiger partial charge in [0.15, 0.2) is 0 Å². The van der Waals surface area contributed by atoms with Crippen LogP contribution in [0.1, 0.15) is 22.8 Å². The third-order valence-electron chi connectivity index (χ3n) is 2.42. The Morgan fingerprint density at radius 2 is 2.10 bits per heavy atom. The summed E-state index contributed by atoms with van der Waals surface area (Å²) in [5.41, 5.74) is 6.46. The second-order valence-electron chi connectivity index (χ2n) is 4.34. The highest BCUT2D eigenvalue weighted by Gasteiger charge is 2.17. The molecule has 0 fully saturated rings. The Labute approximate surface area is 117 Å². The molecule has 1 aromatic rings. The maximum Gasteiger partial charge on any atom is 0.339 e. The fourth-order valence-electron chi connectivity index (χ4n) is 1.60. The first-order valence-corrected chi connectivity index (χ1v) is 7.38. The van der Waals surface area contributed by atoms with Crippen LogP contribution < -0.4 is 10.5 Å². The molecule has 0 aliphatic carbocycles. The summed E-state index contributed by atoms with van der Waals surface area (Å²) in [6, 6.07) is 4.57. The Bertz CT molecular complexity index is 582. The summed E-state index contributed by atoms with van der Waals surface area (Å²) in [6.07, 6.45) is 0.417. The lowest BCUT2D eigenvalue weighted by Gasteiger charge is -2.12. The van der Waals surface area contributed by atoms with Gasteiger partial charge in [0.1, 0.15) is 5.75 Å². The van der Waals surface area contributed by atoms with Crippen LogP contribution in [0.5, 0.6) is 5.75 Å². The number of rotatable bonds is 6. The molecule has 1 aromatic carbocycles. The molecule has 0 unspecified atom stereocenters. The van der Waals surface area contributed by atoms with Crippen molar-refractivity contribution in [2.75, 3.05) is 13.0 Å². The molecule has 1 atom stereocenters. The van der Waals surface area contributed by atoms with Crippen molar-refractivity contribution in [3.63, 3.8) is 0 Å². The monoisotopic (exact) mass is 303 g/mol. The van der Waals surface area contributed by atoms with Gasteiger partial charge in [0.05, 0.1) is 12.7 Å². The second-order valence-corrected chi connectivity index (χ2v) is 5.74. The number of ether oxygens (including phenoxy) is 2. The van der Waals surface area contributed by atoms with E-state index in [1.54, 1.807) is 19.1 Å². The van der Waals surface area contributed by atoms with E-state index in [2.05, 4.69) is 4.74 Å². The summed E-state index contributed by atoms with van der Waals surface area (Å²) >= 11 is 0. The van der Waals surface area contributed by atoms with Crippen molar-refractivity contribution in [3.05, 3.63) is 29.3 Å². The molecule has 7 nitrogen and oxygen atoms in total. The quantitative estimate of drug-likeness (QED) is 0.583. The summed E-state index contributed by atoms with van der Waals surface area (Å²) in [7, 11) is -2.94. The summed E-state index contributed by atoms with van der Waals surface area (Å²) in [5, 5.41) is 0. The van der Waals surface area contributed by atoms with E-state index in [0.717, 1.165) is 0 Å². The first-order valence-electron chi connectivity index (χ1n) is 5.77. The molecule has 0 aliphatic heterocycles. The molecule has 20 heavy (non-hydrogen) atoms. The molecular formula is C12H17NO6S. The van der Waals surface area contributed by atoms with Gasteiger partial charge in [0, 0.05) is 6.04 Å². The van der Waals surface area contributed by atoms with Gasteiger partial charge in [-0.25, -0.2) is 4.79 Å². The van der Waals surface area contributed by atoms with Crippen LogP contribution in [0.2, 0.25) is 0 Å². The topological polar surface area (TPSA) is 116 Å². The number of esters is 1. The highest BCUT2D eigenvalue weighted by atomic mass is 32.2. The molecule has 8 heteroatoms. The average molecular weight is 303 g/mol. The van der Waals surface area contributed by atoms with Gasteiger partial charge in [0.2, 0.25) is 5.94 Å². The van der Waals surface area contributed by atoms with Gasteiger partial charge in [0.25, 0.3) is 0 Å². The van der Waals surface area contributed by atoms with Crippen LogP contribution in [0.25, 0.3) is 0 Å². The maximum absolute atomic E-state index is 11.9. The smallest absolute Gasteiger partial charge is 0.339 e. The Balaban J connectivity index is 3.02. The predicted molar refractivity (Wildman–Crippen MR) is 72.2 cm³/mol. The number of carbonyl (C=O) groups excluding carboxylic acids is 1. The molecule has 0 saturated carbocycles. The zero-order valence-electron chi connectivity index (χ0n) is 11.2. The van der Waals surface area contributed by atoms with Gasteiger partial charge < -0.3 is 15.2 Å². The minimum absolute atomic E-state index is 0.158. The number of nitrogens with two attached hydrogens (primary N) is 1. The normalized spacial score (nSPS) is 12.8. The largest absolute Gasteiger partial charge is 0.497 e. The number of hydrogen-bond donors (Lipinski definition) is 2. The molecule has 0 aliphatic rings. The van der Waals surface area contributed by atoms with Crippen molar-refractivity contribution >= 4 is 16.1 Å². The van der Waals surface area contributed by atoms with E-state index in [0.29, 0.717) is 17.7 Å². The van der Waals surface area contributed by atoms with Crippen molar-refractivity contribution in [1.29, 1.82) is 0 Å². The van der Waals surface area contributed by atoms with Crippen molar-refractivity contribution < 1.29 is 27.2 Å². The fourth-order valence-corrected chi connectivity index (χ4v) is 1.86. The van der Waals surface area contributed by atoms with Crippen LogP contribution in [-0.4, -0.2) is 38.0 Å². The van der Waals surface area contributed by atoms with E-state index in [1.807, 2.05) is 0 Å². The highest BCUT2D eigenvalue weighted by Crippen LogP contribution is 2.20. The van der Waals surface area contributed by atoms with Gasteiger partial charge in [-0.3, -0.25) is 4.55 Å². The summed E-state index contributed by atoms with van der Waals surface area (Å²) in [5.74, 6) is -1.53. The van der Waals surface area contributed by atoms with Crippen LogP contribution in [0.15, 0.2) is 18.2 Å². The van der Waals surface area contributed by atoms with Crippen molar-refractivity contribution in [2.45, 2.75) is 19.4 Å². The van der Waals surface area contributed by atoms with Crippen LogP contribution >= 0.6 is 0 Å². The number of benzene rings is 1. The van der Waals surface area contributed by atoms with E-state index >= 15 is 0 Å². The number of hydrogen-bond acceptors (Lipinski definition) is 6. The third kappa shape index (κ3) is 5.16. The molecule has 0 aromatic heterocycles. The van der Waals surface area contributed by atoms with Crippen LogP contribution in [0, 0.1) is 0 Å². The standard InChI is InChI=1S/C12H17NO6S/c1-8(13)5-9-3-4-10(18-2)6-11(9)12(14)19-7-20(15,16)17/h3-4,6,8H,5,7,13H2,1-2H3,(H,15,16,17)/t8-/m1/s1. The molecule has 0 saturated heterocycles. The fraction of sp³-hybridized carbons (Fsp3) is 0.417. The molecule has 1 rings (SSSR count). The average Bonchev–Trinajstić information content (AvgIpc) is 2.35. The Morgan fingerprint density at radius 3 is 2.60 bits per heavy atom. The minimum Gasteiger partial charge on any atom is -0.497 e. The van der Waals surface area contributed by atoms with Crippen molar-refractivity contribution in [2.24, 2.45) is 5.73 Å². The van der Waals surface area contributed by atoms with Gasteiger partial charge >= 0.3 is 16.1 Å². The second kappa shape index (κ2) is 6.69. The molecule has 0 amide bonds. The van der Waals surface area contributed by atoms with Crippen molar-refractivity contribution in [1.82, 2.24) is 0 Å². The molecule has 0 bridgehead atoms. The van der Waals surface area contributed by atoms with E-state index in [4.69, 9.17) is 15.0 Å². The Hall–Kier alpha value is -1.64. The Kier molecular flexibility index (Phi) is 5.49. The predicted octanol–water partition coefficient (Wildman–Crippen LogP) is 0.587. The SMILES string of the molecule is COc1ccc(C[C@@H](C)N)c(C(=O)OCS(=O)(=O)O)c1. The maximum atomic E-state index is 11.9. The summed E-state index contributed by atoms with van der Waals surface area (Å²) in [6.45, 7) is 1.78. The molecular weight excluding hydrogens is 286 g/mol. The lowest BCUT2D eigenvalue weighted by atomic mass is 10.0. The van der Waals surface area contributed by atoms with Gasteiger partial charge in [-0.15, -0.1) is 0 Å². The van der Waals surface area contributed by atoms with Crippen LogP contribution in [-0.2, 0) is 21.3 Å². The lowest BCUT2D eigenvalue weighted by Crippen LogP contribution is -2.21. The van der Waals surface area contributed by atoms with E-state index in [-0.39, 0.29) is 11.6 Å². The van der Waals surface area contributed by atoms with Gasteiger partial charge in [-0.2, -0.15) is 8.42 Å². The van der Waals surface area contributed by atoms with E-state index < -0.39 is 22.0 Å². The third-order valence-corrected chi connectivity index (χ3v) is 2.83. The van der Waals surface area contributed by atoms with Crippen LogP contribution in [0.3, 0.4) is 0 Å². The zero-order chi connectivity index (χ0) is 15.3. The minimum atomic E-state index is -4.38. The molecule has 3 N–H and O–H groups in total. The van der Waals surface area contributed by atoms with Crippen LogP contribution in [0.4, 0.5) is 0 Å². The number of methoxy groups -OCH3 is 1. The van der Waals surface area contributed by atoms with E-state index in [1.165, 1.54) is 13.2 Å². The molecule has 0 radical (unpaired) electrons. The first-order chi connectivity index (χ1) is 9.23. The first kappa shape index (κ1) is 16.4.